The Balaban J connectivity index is 2.40. The molecule has 0 saturated heterocycles. The number of nitrogens with zero attached hydrogens (tertiary/aromatic N) is 1. The lowest BCUT2D eigenvalue weighted by molar-refractivity contribution is 0.308. The highest BCUT2D eigenvalue weighted by Gasteiger charge is 1.94. The summed E-state index contributed by atoms with van der Waals surface area (Å²) in [6, 6.07) is 3.79. The number of pyridine rings is 1. The van der Waals surface area contributed by atoms with Gasteiger partial charge in [-0.3, -0.25) is 4.98 Å². The number of hydrogen-bond acceptors (Lipinski definition) is 2. The molecule has 1 aromatic heterocycles. The summed E-state index contributed by atoms with van der Waals surface area (Å²) < 4.78 is 5.44. The van der Waals surface area contributed by atoms with E-state index in [-0.39, 0.29) is 0 Å². The van der Waals surface area contributed by atoms with Gasteiger partial charge in [0.1, 0.15) is 5.75 Å². The van der Waals surface area contributed by atoms with E-state index >= 15 is 0 Å². The van der Waals surface area contributed by atoms with Crippen LogP contribution in [0.1, 0.15) is 25.5 Å². The molecule has 3 heteroatoms. The normalized spacial score (nSPS) is 10.0. The number of aromatic nitrogens is 1. The molecule has 0 amide bonds. The molecule has 0 saturated carbocycles. The molecule has 0 bridgehead atoms. The van der Waals surface area contributed by atoms with Gasteiger partial charge >= 0.3 is 0 Å². The van der Waals surface area contributed by atoms with Crippen LogP contribution in [-0.4, -0.2) is 11.6 Å². The van der Waals surface area contributed by atoms with E-state index in [0.29, 0.717) is 5.88 Å². The van der Waals surface area contributed by atoms with E-state index in [1.807, 2.05) is 12.1 Å². The molecule has 72 valence electrons. The van der Waals surface area contributed by atoms with Crippen LogP contribution in [0.3, 0.4) is 0 Å². The van der Waals surface area contributed by atoms with Gasteiger partial charge in [0.05, 0.1) is 24.4 Å². The quantitative estimate of drug-likeness (QED) is 0.537. The Morgan fingerprint density at radius 2 is 2.31 bits per heavy atom. The summed E-state index contributed by atoms with van der Waals surface area (Å²) in [5.74, 6) is 1.28. The Kier molecular flexibility index (Phi) is 4.61. The summed E-state index contributed by atoms with van der Waals surface area (Å²) in [5.41, 5.74) is 0.879. The van der Waals surface area contributed by atoms with E-state index in [1.54, 1.807) is 6.20 Å². The summed E-state index contributed by atoms with van der Waals surface area (Å²) >= 11 is 5.60. The zero-order valence-electron chi connectivity index (χ0n) is 7.79. The summed E-state index contributed by atoms with van der Waals surface area (Å²) in [5, 5.41) is 0. The maximum absolute atomic E-state index is 5.60. The van der Waals surface area contributed by atoms with Gasteiger partial charge in [0.15, 0.2) is 0 Å². The van der Waals surface area contributed by atoms with Crippen LogP contribution in [-0.2, 0) is 5.88 Å². The molecule has 0 fully saturated rings. The second-order valence-corrected chi connectivity index (χ2v) is 3.09. The molecule has 0 atom stereocenters. The molecule has 0 radical (unpaired) electrons. The Morgan fingerprint density at radius 3 is 2.85 bits per heavy atom. The molecular formula is C10H14ClNO. The zero-order chi connectivity index (χ0) is 9.52. The SMILES string of the molecule is CCCCOc1ccc(CCl)nc1. The zero-order valence-corrected chi connectivity index (χ0v) is 8.55. The van der Waals surface area contributed by atoms with Crippen LogP contribution in [0.25, 0.3) is 0 Å². The third-order valence-electron chi connectivity index (χ3n) is 1.70. The van der Waals surface area contributed by atoms with Crippen molar-refractivity contribution in [3.8, 4) is 5.75 Å². The molecule has 0 aliphatic heterocycles. The number of rotatable bonds is 5. The molecule has 1 heterocycles. The van der Waals surface area contributed by atoms with Crippen molar-refractivity contribution < 1.29 is 4.74 Å². The van der Waals surface area contributed by atoms with E-state index < -0.39 is 0 Å². The third kappa shape index (κ3) is 3.64. The number of halogens is 1. The number of hydrogen-bond donors (Lipinski definition) is 0. The fourth-order valence-corrected chi connectivity index (χ4v) is 1.07. The van der Waals surface area contributed by atoms with Gasteiger partial charge in [0.2, 0.25) is 0 Å². The number of ether oxygens (including phenoxy) is 1. The van der Waals surface area contributed by atoms with Gasteiger partial charge in [0.25, 0.3) is 0 Å². The van der Waals surface area contributed by atoms with Crippen molar-refractivity contribution >= 4 is 11.6 Å². The lowest BCUT2D eigenvalue weighted by Gasteiger charge is -2.04. The first-order valence-corrected chi connectivity index (χ1v) is 5.04. The van der Waals surface area contributed by atoms with Crippen molar-refractivity contribution in [2.24, 2.45) is 0 Å². The van der Waals surface area contributed by atoms with Gasteiger partial charge in [-0.25, -0.2) is 0 Å². The van der Waals surface area contributed by atoms with E-state index in [4.69, 9.17) is 16.3 Å². The largest absolute Gasteiger partial charge is 0.492 e. The second-order valence-electron chi connectivity index (χ2n) is 2.82. The first kappa shape index (κ1) is 10.3. The molecule has 0 unspecified atom stereocenters. The van der Waals surface area contributed by atoms with E-state index in [9.17, 15) is 0 Å². The minimum atomic E-state index is 0.454. The lowest BCUT2D eigenvalue weighted by Crippen LogP contribution is -1.97. The second kappa shape index (κ2) is 5.81. The van der Waals surface area contributed by atoms with Crippen molar-refractivity contribution in [1.82, 2.24) is 4.98 Å². The first-order valence-electron chi connectivity index (χ1n) is 4.50. The average Bonchev–Trinajstić information content (AvgIpc) is 2.19. The van der Waals surface area contributed by atoms with Gasteiger partial charge in [-0.15, -0.1) is 11.6 Å². The molecule has 0 aromatic carbocycles. The summed E-state index contributed by atoms with van der Waals surface area (Å²) in [7, 11) is 0. The van der Waals surface area contributed by atoms with Crippen LogP contribution in [0.4, 0.5) is 0 Å². The van der Waals surface area contributed by atoms with Crippen LogP contribution in [0.5, 0.6) is 5.75 Å². The smallest absolute Gasteiger partial charge is 0.137 e. The van der Waals surface area contributed by atoms with Crippen molar-refractivity contribution in [2.45, 2.75) is 25.6 Å². The Hall–Kier alpha value is -0.760. The molecule has 1 rings (SSSR count). The fraction of sp³-hybridized carbons (Fsp3) is 0.500. The van der Waals surface area contributed by atoms with Crippen LogP contribution in [0.2, 0.25) is 0 Å². The highest BCUT2D eigenvalue weighted by Crippen LogP contribution is 2.10. The molecule has 13 heavy (non-hydrogen) atoms. The average molecular weight is 200 g/mol. The standard InChI is InChI=1S/C10H14ClNO/c1-2-3-6-13-10-5-4-9(7-11)12-8-10/h4-5,8H,2-3,6-7H2,1H3. The molecule has 0 spiro atoms. The van der Waals surface area contributed by atoms with Gasteiger partial charge in [0, 0.05) is 0 Å². The Labute approximate surface area is 83.9 Å². The lowest BCUT2D eigenvalue weighted by atomic mass is 10.3. The monoisotopic (exact) mass is 199 g/mol. The maximum Gasteiger partial charge on any atom is 0.137 e. The van der Waals surface area contributed by atoms with Crippen LogP contribution < -0.4 is 4.74 Å². The van der Waals surface area contributed by atoms with E-state index in [1.165, 1.54) is 0 Å². The highest BCUT2D eigenvalue weighted by molar-refractivity contribution is 6.16. The molecule has 2 nitrogen and oxygen atoms in total. The predicted molar refractivity (Wildman–Crippen MR) is 54.2 cm³/mol. The molecular weight excluding hydrogens is 186 g/mol. The topological polar surface area (TPSA) is 22.1 Å². The summed E-state index contributed by atoms with van der Waals surface area (Å²) in [6.45, 7) is 2.90. The fourth-order valence-electron chi connectivity index (χ4n) is 0.910. The minimum Gasteiger partial charge on any atom is -0.492 e. The predicted octanol–water partition coefficient (Wildman–Crippen LogP) is 3.00. The summed E-state index contributed by atoms with van der Waals surface area (Å²) in [4.78, 5) is 4.12. The van der Waals surface area contributed by atoms with Crippen LogP contribution in [0, 0.1) is 0 Å². The van der Waals surface area contributed by atoms with Crippen molar-refractivity contribution in [1.29, 1.82) is 0 Å². The minimum absolute atomic E-state index is 0.454. The van der Waals surface area contributed by atoms with Crippen LogP contribution >= 0.6 is 11.6 Å². The van der Waals surface area contributed by atoms with Gasteiger partial charge in [-0.1, -0.05) is 13.3 Å². The van der Waals surface area contributed by atoms with Gasteiger partial charge in [-0.05, 0) is 18.6 Å². The van der Waals surface area contributed by atoms with Crippen LogP contribution in [0.15, 0.2) is 18.3 Å². The summed E-state index contributed by atoms with van der Waals surface area (Å²) in [6.07, 6.45) is 3.94. The first-order chi connectivity index (χ1) is 6.36. The molecule has 0 aliphatic rings. The molecule has 1 aromatic rings. The molecule has 0 aliphatic carbocycles. The highest BCUT2D eigenvalue weighted by atomic mass is 35.5. The van der Waals surface area contributed by atoms with Gasteiger partial charge in [-0.2, -0.15) is 0 Å². The van der Waals surface area contributed by atoms with E-state index in [2.05, 4.69) is 11.9 Å². The third-order valence-corrected chi connectivity index (χ3v) is 1.97. The Bertz CT molecular complexity index is 235. The van der Waals surface area contributed by atoms with Crippen molar-refractivity contribution in [3.63, 3.8) is 0 Å². The number of unbranched alkanes of at least 4 members (excludes halogenated alkanes) is 1. The number of alkyl halides is 1. The molecule has 0 N–H and O–H groups in total. The van der Waals surface area contributed by atoms with Gasteiger partial charge < -0.3 is 4.74 Å². The van der Waals surface area contributed by atoms with E-state index in [0.717, 1.165) is 30.9 Å². The maximum atomic E-state index is 5.60. The Morgan fingerprint density at radius 1 is 1.46 bits per heavy atom. The van der Waals surface area contributed by atoms with Crippen molar-refractivity contribution in [3.05, 3.63) is 24.0 Å². The van der Waals surface area contributed by atoms with Crippen molar-refractivity contribution in [2.75, 3.05) is 6.61 Å².